The highest BCUT2D eigenvalue weighted by atomic mass is 16.4. The molecule has 0 aliphatic rings. The first-order valence-corrected chi connectivity index (χ1v) is 5.28. The molecule has 0 unspecified atom stereocenters. The first-order chi connectivity index (χ1) is 8.04. The summed E-state index contributed by atoms with van der Waals surface area (Å²) in [5.74, 6) is -1.21. The number of carboxylic acids is 1. The van der Waals surface area contributed by atoms with Crippen LogP contribution in [0, 0.1) is 6.92 Å². The number of rotatable bonds is 2. The van der Waals surface area contributed by atoms with Crippen molar-refractivity contribution >= 4 is 17.0 Å². The Labute approximate surface area is 103 Å². The highest BCUT2D eigenvalue weighted by molar-refractivity contribution is 5.91. The summed E-state index contributed by atoms with van der Waals surface area (Å²) in [7, 11) is 0. The van der Waals surface area contributed by atoms with Crippen molar-refractivity contribution in [2.24, 2.45) is 0 Å². The minimum atomic E-state index is -1.21. The van der Waals surface area contributed by atoms with Gasteiger partial charge >= 0.3 is 5.97 Å². The van der Waals surface area contributed by atoms with Crippen LogP contribution in [0.5, 0.6) is 0 Å². The van der Waals surface area contributed by atoms with E-state index < -0.39 is 11.4 Å². The number of hydrogen-bond donors (Lipinski definition) is 1. The van der Waals surface area contributed by atoms with Crippen LogP contribution in [-0.2, 0) is 6.54 Å². The summed E-state index contributed by atoms with van der Waals surface area (Å²) in [6.07, 6.45) is 1.35. The van der Waals surface area contributed by atoms with Gasteiger partial charge in [-0.2, -0.15) is 0 Å². The second kappa shape index (κ2) is 4.97. The molecule has 0 radical (unpaired) electrons. The van der Waals surface area contributed by atoms with Gasteiger partial charge in [-0.3, -0.25) is 4.79 Å². The molecule has 0 aliphatic carbocycles. The number of carbonyl (C=O) groups is 1. The Kier molecular flexibility index (Phi) is 3.82. The molecule has 6 heteroatoms. The largest absolute Gasteiger partial charge is 0.477 e. The number of nitrogens with zero attached hydrogens (tertiary/aromatic N) is 2. The van der Waals surface area contributed by atoms with Gasteiger partial charge in [0.15, 0.2) is 0 Å². The molecule has 0 saturated carbocycles. The molecule has 3 N–H and O–H groups in total. The summed E-state index contributed by atoms with van der Waals surface area (Å²) in [5.41, 5.74) is 0.624. The van der Waals surface area contributed by atoms with Crippen LogP contribution in [0.4, 0.5) is 0 Å². The number of aromatic carboxylic acids is 1. The van der Waals surface area contributed by atoms with E-state index >= 15 is 0 Å². The molecule has 0 amide bonds. The lowest BCUT2D eigenvalue weighted by Gasteiger charge is -2.09. The first kappa shape index (κ1) is 13.9. The summed E-state index contributed by atoms with van der Waals surface area (Å²) in [5, 5.41) is 9.31. The number of aryl methyl sites for hydroxylation is 2. The van der Waals surface area contributed by atoms with Gasteiger partial charge in [0.2, 0.25) is 5.43 Å². The van der Waals surface area contributed by atoms with Crippen LogP contribution in [0.2, 0.25) is 0 Å². The topological polar surface area (TPSA) is 104 Å². The van der Waals surface area contributed by atoms with Crippen LogP contribution < -0.4 is 5.43 Å². The van der Waals surface area contributed by atoms with E-state index in [1.54, 1.807) is 16.7 Å². The molecule has 2 aromatic rings. The predicted octanol–water partition coefficient (Wildman–Crippen LogP) is 0.598. The molecule has 0 aliphatic heterocycles. The van der Waals surface area contributed by atoms with Crippen LogP contribution in [0.1, 0.15) is 23.0 Å². The monoisotopic (exact) mass is 250 g/mol. The summed E-state index contributed by atoms with van der Waals surface area (Å²) < 4.78 is 1.67. The molecule has 6 nitrogen and oxygen atoms in total. The summed E-state index contributed by atoms with van der Waals surface area (Å²) in [6.45, 7) is 4.27. The average molecular weight is 250 g/mol. The van der Waals surface area contributed by atoms with Crippen molar-refractivity contribution in [3.63, 3.8) is 0 Å². The molecular weight excluding hydrogens is 236 g/mol. The molecule has 2 rings (SSSR count). The molecule has 0 bridgehead atoms. The van der Waals surface area contributed by atoms with Crippen molar-refractivity contribution in [3.05, 3.63) is 39.8 Å². The SMILES string of the molecule is CCn1cc(C(=O)O)c(=O)c2ccc(C)nc21.O. The standard InChI is InChI=1S/C12H12N2O3.H2O/c1-3-14-6-9(12(16)17)10(15)8-5-4-7(2)13-11(8)14;/h4-6H,3H2,1-2H3,(H,16,17);1H2. The number of fused-ring (bicyclic) bond motifs is 1. The Morgan fingerprint density at radius 3 is 2.67 bits per heavy atom. The van der Waals surface area contributed by atoms with Crippen molar-refractivity contribution in [1.29, 1.82) is 0 Å². The van der Waals surface area contributed by atoms with E-state index in [2.05, 4.69) is 4.98 Å². The third kappa shape index (κ3) is 2.10. The van der Waals surface area contributed by atoms with E-state index in [1.807, 2.05) is 13.8 Å². The second-order valence-corrected chi connectivity index (χ2v) is 3.79. The van der Waals surface area contributed by atoms with E-state index in [9.17, 15) is 9.59 Å². The Hall–Kier alpha value is -2.21. The molecule has 2 heterocycles. The fourth-order valence-electron chi connectivity index (χ4n) is 1.75. The van der Waals surface area contributed by atoms with E-state index in [4.69, 9.17) is 5.11 Å². The van der Waals surface area contributed by atoms with Crippen molar-refractivity contribution in [2.45, 2.75) is 20.4 Å². The van der Waals surface area contributed by atoms with Crippen molar-refractivity contribution in [2.75, 3.05) is 0 Å². The number of aromatic nitrogens is 2. The van der Waals surface area contributed by atoms with Gasteiger partial charge < -0.3 is 15.1 Å². The molecule has 0 aromatic carbocycles. The van der Waals surface area contributed by atoms with Gasteiger partial charge in [-0.1, -0.05) is 0 Å². The summed E-state index contributed by atoms with van der Waals surface area (Å²) in [6, 6.07) is 3.33. The van der Waals surface area contributed by atoms with Crippen LogP contribution in [0.15, 0.2) is 23.1 Å². The van der Waals surface area contributed by atoms with Crippen LogP contribution in [0.3, 0.4) is 0 Å². The van der Waals surface area contributed by atoms with Gasteiger partial charge in [-0.25, -0.2) is 9.78 Å². The lowest BCUT2D eigenvalue weighted by atomic mass is 10.2. The number of pyridine rings is 2. The maximum atomic E-state index is 11.9. The van der Waals surface area contributed by atoms with Crippen molar-refractivity contribution in [1.82, 2.24) is 9.55 Å². The van der Waals surface area contributed by atoms with Gasteiger partial charge in [-0.15, -0.1) is 0 Å². The van der Waals surface area contributed by atoms with E-state index in [-0.39, 0.29) is 11.0 Å². The fourth-order valence-corrected chi connectivity index (χ4v) is 1.75. The summed E-state index contributed by atoms with van der Waals surface area (Å²) in [4.78, 5) is 27.2. The van der Waals surface area contributed by atoms with Crippen molar-refractivity contribution < 1.29 is 15.4 Å². The van der Waals surface area contributed by atoms with Crippen LogP contribution in [-0.4, -0.2) is 26.1 Å². The maximum Gasteiger partial charge on any atom is 0.341 e. The van der Waals surface area contributed by atoms with E-state index in [0.29, 0.717) is 17.6 Å². The molecule has 0 saturated heterocycles. The zero-order valence-electron chi connectivity index (χ0n) is 10.1. The lowest BCUT2D eigenvalue weighted by Crippen LogP contribution is -2.19. The normalized spacial score (nSPS) is 10.1. The minimum absolute atomic E-state index is 0. The van der Waals surface area contributed by atoms with E-state index in [0.717, 1.165) is 5.69 Å². The van der Waals surface area contributed by atoms with Crippen molar-refractivity contribution in [3.8, 4) is 0 Å². The quantitative estimate of drug-likeness (QED) is 0.842. The van der Waals surface area contributed by atoms with Gasteiger partial charge in [0.1, 0.15) is 11.2 Å². The summed E-state index contributed by atoms with van der Waals surface area (Å²) >= 11 is 0. The third-order valence-corrected chi connectivity index (χ3v) is 2.63. The minimum Gasteiger partial charge on any atom is -0.477 e. The first-order valence-electron chi connectivity index (χ1n) is 5.28. The van der Waals surface area contributed by atoms with Gasteiger partial charge in [0, 0.05) is 18.4 Å². The molecule has 0 atom stereocenters. The van der Waals surface area contributed by atoms with Crippen LogP contribution >= 0.6 is 0 Å². The average Bonchev–Trinajstić information content (AvgIpc) is 2.29. The predicted molar refractivity (Wildman–Crippen MR) is 67.0 cm³/mol. The molecule has 18 heavy (non-hydrogen) atoms. The van der Waals surface area contributed by atoms with Crippen LogP contribution in [0.25, 0.3) is 11.0 Å². The molecular formula is C12H14N2O4. The molecule has 96 valence electrons. The lowest BCUT2D eigenvalue weighted by molar-refractivity contribution is 0.0695. The van der Waals surface area contributed by atoms with Gasteiger partial charge in [0.05, 0.1) is 5.39 Å². The Bertz CT molecular complexity index is 661. The highest BCUT2D eigenvalue weighted by Gasteiger charge is 2.14. The zero-order chi connectivity index (χ0) is 12.6. The zero-order valence-corrected chi connectivity index (χ0v) is 10.1. The maximum absolute atomic E-state index is 11.9. The second-order valence-electron chi connectivity index (χ2n) is 3.79. The number of hydrogen-bond acceptors (Lipinski definition) is 3. The Morgan fingerprint density at radius 2 is 2.11 bits per heavy atom. The third-order valence-electron chi connectivity index (χ3n) is 2.63. The smallest absolute Gasteiger partial charge is 0.341 e. The Balaban J connectivity index is 0.00000162. The molecule has 2 aromatic heterocycles. The van der Waals surface area contributed by atoms with Gasteiger partial charge in [0.25, 0.3) is 0 Å². The highest BCUT2D eigenvalue weighted by Crippen LogP contribution is 2.10. The molecule has 0 spiro atoms. The fraction of sp³-hybridized carbons (Fsp3) is 0.250. The Morgan fingerprint density at radius 1 is 1.44 bits per heavy atom. The van der Waals surface area contributed by atoms with Gasteiger partial charge in [-0.05, 0) is 26.0 Å². The molecule has 0 fully saturated rings. The number of carboxylic acid groups (broad SMARTS) is 1. The van der Waals surface area contributed by atoms with E-state index in [1.165, 1.54) is 6.20 Å².